The highest BCUT2D eigenvalue weighted by Crippen LogP contribution is 2.37. The van der Waals surface area contributed by atoms with Crippen molar-refractivity contribution in [2.45, 2.75) is 6.42 Å². The maximum absolute atomic E-state index is 11.4. The summed E-state index contributed by atoms with van der Waals surface area (Å²) in [6, 6.07) is 15.1. The molecule has 0 atom stereocenters. The van der Waals surface area contributed by atoms with E-state index in [2.05, 4.69) is 0 Å². The van der Waals surface area contributed by atoms with Gasteiger partial charge in [-0.05, 0) is 24.3 Å². The van der Waals surface area contributed by atoms with Gasteiger partial charge < -0.3 is 13.9 Å². The van der Waals surface area contributed by atoms with Crippen molar-refractivity contribution < 1.29 is 18.7 Å². The van der Waals surface area contributed by atoms with Crippen LogP contribution in [0.1, 0.15) is 5.56 Å². The molecule has 0 unspecified atom stereocenters. The number of hydrogen-bond acceptors (Lipinski definition) is 4. The Morgan fingerprint density at radius 3 is 1.88 bits per heavy atom. The van der Waals surface area contributed by atoms with Gasteiger partial charge in [-0.15, -0.1) is 0 Å². The minimum atomic E-state index is -0.940. The zero-order valence-corrected chi connectivity index (χ0v) is 12.4. The lowest BCUT2D eigenvalue weighted by atomic mass is 10.1. The van der Waals surface area contributed by atoms with Crippen molar-refractivity contribution in [1.29, 1.82) is 0 Å². The SMILES string of the molecule is O=C(O)Cc1c2oc3ccccc3c2nc2c1oc1ccccc12. The van der Waals surface area contributed by atoms with Crippen LogP contribution in [0.15, 0.2) is 57.4 Å². The molecule has 0 saturated heterocycles. The molecule has 3 aromatic heterocycles. The summed E-state index contributed by atoms with van der Waals surface area (Å²) in [6.07, 6.45) is -0.185. The number of nitrogens with zero attached hydrogens (tertiary/aromatic N) is 1. The number of carboxylic acids is 1. The van der Waals surface area contributed by atoms with E-state index < -0.39 is 5.97 Å². The van der Waals surface area contributed by atoms with Crippen LogP contribution in [-0.2, 0) is 11.2 Å². The Morgan fingerprint density at radius 2 is 1.38 bits per heavy atom. The van der Waals surface area contributed by atoms with E-state index in [0.29, 0.717) is 38.9 Å². The average molecular weight is 317 g/mol. The highest BCUT2D eigenvalue weighted by atomic mass is 16.4. The first-order chi connectivity index (χ1) is 11.7. The molecule has 0 fully saturated rings. The van der Waals surface area contributed by atoms with Gasteiger partial charge in [-0.2, -0.15) is 0 Å². The second-order valence-corrected chi connectivity index (χ2v) is 5.71. The van der Waals surface area contributed by atoms with Crippen molar-refractivity contribution in [3.63, 3.8) is 0 Å². The molecule has 3 heterocycles. The fraction of sp³-hybridized carbons (Fsp3) is 0.0526. The molecular weight excluding hydrogens is 306 g/mol. The number of carboxylic acid groups (broad SMARTS) is 1. The third-order valence-electron chi connectivity index (χ3n) is 4.24. The monoisotopic (exact) mass is 317 g/mol. The van der Waals surface area contributed by atoms with Crippen LogP contribution in [-0.4, -0.2) is 16.1 Å². The molecule has 0 amide bonds. The van der Waals surface area contributed by atoms with Crippen molar-refractivity contribution in [2.75, 3.05) is 0 Å². The van der Waals surface area contributed by atoms with Gasteiger partial charge in [-0.1, -0.05) is 24.3 Å². The number of rotatable bonds is 2. The number of aliphatic carboxylic acids is 1. The standard InChI is InChI=1S/C19H11NO4/c21-15(22)9-12-18-16(10-5-1-3-7-13(10)23-18)20-17-11-6-2-4-8-14(11)24-19(12)17/h1-8H,9H2,(H,21,22). The first-order valence-corrected chi connectivity index (χ1v) is 7.55. The number of pyridine rings is 1. The predicted octanol–water partition coefficient (Wildman–Crippen LogP) is 4.51. The Kier molecular flexibility index (Phi) is 2.51. The van der Waals surface area contributed by atoms with Gasteiger partial charge in [0.25, 0.3) is 0 Å². The van der Waals surface area contributed by atoms with Gasteiger partial charge >= 0.3 is 5.97 Å². The van der Waals surface area contributed by atoms with Gasteiger partial charge in [-0.25, -0.2) is 4.98 Å². The summed E-state index contributed by atoms with van der Waals surface area (Å²) < 4.78 is 11.8. The third kappa shape index (κ3) is 1.69. The molecule has 0 saturated carbocycles. The molecule has 2 aromatic carbocycles. The van der Waals surface area contributed by atoms with Gasteiger partial charge in [0.05, 0.1) is 12.0 Å². The molecular formula is C19H11NO4. The number of para-hydroxylation sites is 2. The lowest BCUT2D eigenvalue weighted by Crippen LogP contribution is -2.01. The highest BCUT2D eigenvalue weighted by molar-refractivity contribution is 6.13. The third-order valence-corrected chi connectivity index (χ3v) is 4.24. The molecule has 0 aliphatic carbocycles. The normalized spacial score (nSPS) is 11.8. The molecule has 5 aromatic rings. The maximum atomic E-state index is 11.4. The highest BCUT2D eigenvalue weighted by Gasteiger charge is 2.22. The van der Waals surface area contributed by atoms with Gasteiger partial charge in [0, 0.05) is 10.8 Å². The predicted molar refractivity (Wildman–Crippen MR) is 90.1 cm³/mol. The lowest BCUT2D eigenvalue weighted by molar-refractivity contribution is -0.136. The van der Waals surface area contributed by atoms with Crippen LogP contribution in [0.3, 0.4) is 0 Å². The van der Waals surface area contributed by atoms with E-state index in [-0.39, 0.29) is 6.42 Å². The average Bonchev–Trinajstić information content (AvgIpc) is 3.13. The van der Waals surface area contributed by atoms with Crippen LogP contribution >= 0.6 is 0 Å². The summed E-state index contributed by atoms with van der Waals surface area (Å²) in [4.78, 5) is 16.1. The quantitative estimate of drug-likeness (QED) is 0.518. The molecule has 5 rings (SSSR count). The number of hydrogen-bond donors (Lipinski definition) is 1. The van der Waals surface area contributed by atoms with Gasteiger partial charge in [-0.3, -0.25) is 4.79 Å². The van der Waals surface area contributed by atoms with Crippen molar-refractivity contribution in [3.05, 3.63) is 54.1 Å². The van der Waals surface area contributed by atoms with Crippen molar-refractivity contribution in [3.8, 4) is 0 Å². The van der Waals surface area contributed by atoms with Crippen molar-refractivity contribution in [2.24, 2.45) is 0 Å². The van der Waals surface area contributed by atoms with Crippen LogP contribution in [0, 0.1) is 0 Å². The minimum absolute atomic E-state index is 0.185. The summed E-state index contributed by atoms with van der Waals surface area (Å²) in [7, 11) is 0. The molecule has 0 spiro atoms. The second kappa shape index (κ2) is 4.58. The van der Waals surface area contributed by atoms with E-state index in [1.807, 2.05) is 48.5 Å². The van der Waals surface area contributed by atoms with E-state index in [0.717, 1.165) is 10.8 Å². The second-order valence-electron chi connectivity index (χ2n) is 5.71. The molecule has 5 nitrogen and oxygen atoms in total. The van der Waals surface area contributed by atoms with Gasteiger partial charge in [0.2, 0.25) is 0 Å². The van der Waals surface area contributed by atoms with Crippen LogP contribution in [0.2, 0.25) is 0 Å². The van der Waals surface area contributed by atoms with E-state index >= 15 is 0 Å². The Bertz CT molecular complexity index is 1170. The first kappa shape index (κ1) is 13.1. The Hall–Kier alpha value is -3.34. The molecule has 116 valence electrons. The zero-order chi connectivity index (χ0) is 16.3. The van der Waals surface area contributed by atoms with E-state index in [1.54, 1.807) is 0 Å². The zero-order valence-electron chi connectivity index (χ0n) is 12.4. The molecule has 1 N–H and O–H groups in total. The summed E-state index contributed by atoms with van der Waals surface area (Å²) in [5.41, 5.74) is 4.18. The topological polar surface area (TPSA) is 76.5 Å². The Balaban J connectivity index is 2.04. The smallest absolute Gasteiger partial charge is 0.308 e. The van der Waals surface area contributed by atoms with Crippen molar-refractivity contribution >= 4 is 50.1 Å². The van der Waals surface area contributed by atoms with E-state index in [9.17, 15) is 9.90 Å². The maximum Gasteiger partial charge on any atom is 0.308 e. The molecule has 0 bridgehead atoms. The molecule has 5 heteroatoms. The number of aromatic nitrogens is 1. The number of carbonyl (C=O) groups is 1. The summed E-state index contributed by atoms with van der Waals surface area (Å²) in [5, 5.41) is 11.1. The first-order valence-electron chi connectivity index (χ1n) is 7.55. The number of fused-ring (bicyclic) bond motifs is 6. The van der Waals surface area contributed by atoms with Gasteiger partial charge in [0.15, 0.2) is 11.2 Å². The lowest BCUT2D eigenvalue weighted by Gasteiger charge is -2.00. The summed E-state index contributed by atoms with van der Waals surface area (Å²) in [5.74, 6) is -0.940. The fourth-order valence-electron chi connectivity index (χ4n) is 3.22. The Labute approximate surface area is 135 Å². The van der Waals surface area contributed by atoms with Crippen LogP contribution in [0.25, 0.3) is 44.1 Å². The van der Waals surface area contributed by atoms with Crippen LogP contribution < -0.4 is 0 Å². The number of furan rings is 2. The Morgan fingerprint density at radius 1 is 0.875 bits per heavy atom. The summed E-state index contributed by atoms with van der Waals surface area (Å²) in [6.45, 7) is 0. The molecule has 0 aliphatic heterocycles. The van der Waals surface area contributed by atoms with E-state index in [4.69, 9.17) is 13.8 Å². The van der Waals surface area contributed by atoms with E-state index in [1.165, 1.54) is 0 Å². The van der Waals surface area contributed by atoms with Gasteiger partial charge in [0.1, 0.15) is 22.2 Å². The molecule has 0 radical (unpaired) electrons. The molecule has 0 aliphatic rings. The van der Waals surface area contributed by atoms with Crippen molar-refractivity contribution in [1.82, 2.24) is 4.98 Å². The fourth-order valence-corrected chi connectivity index (χ4v) is 3.22. The largest absolute Gasteiger partial charge is 0.481 e. The van der Waals surface area contributed by atoms with Crippen LogP contribution in [0.5, 0.6) is 0 Å². The van der Waals surface area contributed by atoms with Crippen LogP contribution in [0.4, 0.5) is 0 Å². The molecule has 24 heavy (non-hydrogen) atoms. The summed E-state index contributed by atoms with van der Waals surface area (Å²) >= 11 is 0. The minimum Gasteiger partial charge on any atom is -0.481 e. The number of benzene rings is 2.